The van der Waals surface area contributed by atoms with E-state index in [4.69, 9.17) is 4.74 Å². The van der Waals surface area contributed by atoms with Gasteiger partial charge < -0.3 is 15.2 Å². The van der Waals surface area contributed by atoms with E-state index in [2.05, 4.69) is 5.32 Å². The highest BCUT2D eigenvalue weighted by atomic mass is 16.6. The van der Waals surface area contributed by atoms with E-state index < -0.39 is 4.92 Å². The summed E-state index contributed by atoms with van der Waals surface area (Å²) in [6.07, 6.45) is 6.24. The van der Waals surface area contributed by atoms with Crippen molar-refractivity contribution in [2.45, 2.75) is 44.6 Å². The minimum atomic E-state index is -0.451. The van der Waals surface area contributed by atoms with Crippen LogP contribution in [0.25, 0.3) is 0 Å². The van der Waals surface area contributed by atoms with Crippen LogP contribution in [0.3, 0.4) is 0 Å². The summed E-state index contributed by atoms with van der Waals surface area (Å²) in [4.78, 5) is 10.4. The maximum atomic E-state index is 10.8. The van der Waals surface area contributed by atoms with Gasteiger partial charge in [0.25, 0.3) is 0 Å². The molecule has 0 heterocycles. The molecule has 2 N–H and O–H groups in total. The number of hydrogen-bond donors (Lipinski definition) is 2. The minimum Gasteiger partial charge on any atom is -0.490 e. The van der Waals surface area contributed by atoms with Gasteiger partial charge in [0.15, 0.2) is 5.75 Å². The van der Waals surface area contributed by atoms with Gasteiger partial charge in [0.2, 0.25) is 0 Å². The van der Waals surface area contributed by atoms with Gasteiger partial charge in [-0.2, -0.15) is 0 Å². The highest BCUT2D eigenvalue weighted by molar-refractivity contribution is 5.57. The lowest BCUT2D eigenvalue weighted by Gasteiger charge is -2.27. The molecule has 1 aliphatic carbocycles. The van der Waals surface area contributed by atoms with Gasteiger partial charge in [0, 0.05) is 24.4 Å². The number of anilines is 1. The fourth-order valence-electron chi connectivity index (χ4n) is 3.06. The molecular weight excluding hydrogens is 284 g/mol. The molecule has 2 unspecified atom stereocenters. The summed E-state index contributed by atoms with van der Waals surface area (Å²) in [5, 5.41) is 24.0. The molecule has 6 nitrogen and oxygen atoms in total. The van der Waals surface area contributed by atoms with Crippen molar-refractivity contribution in [3.63, 3.8) is 0 Å². The maximum absolute atomic E-state index is 10.8. The van der Waals surface area contributed by atoms with Gasteiger partial charge in [-0.05, 0) is 37.7 Å². The monoisotopic (exact) mass is 308 g/mol. The van der Waals surface area contributed by atoms with E-state index in [9.17, 15) is 15.2 Å². The quantitative estimate of drug-likeness (QED) is 0.458. The third-order valence-corrected chi connectivity index (χ3v) is 4.33. The normalized spacial score (nSPS) is 21.4. The Kier molecular flexibility index (Phi) is 6.00. The number of rotatable bonds is 7. The number of ether oxygens (including phenoxy) is 1. The summed E-state index contributed by atoms with van der Waals surface area (Å²) in [6.45, 7) is 0.782. The van der Waals surface area contributed by atoms with Crippen LogP contribution in [-0.4, -0.2) is 29.8 Å². The molecule has 0 amide bonds. The molecular formula is C16H24N2O4. The third-order valence-electron chi connectivity index (χ3n) is 4.33. The van der Waals surface area contributed by atoms with Gasteiger partial charge in [-0.15, -0.1) is 0 Å². The van der Waals surface area contributed by atoms with E-state index in [1.54, 1.807) is 12.1 Å². The molecule has 1 aromatic rings. The van der Waals surface area contributed by atoms with E-state index >= 15 is 0 Å². The zero-order chi connectivity index (χ0) is 15.9. The maximum Gasteiger partial charge on any atom is 0.311 e. The Labute approximate surface area is 130 Å². The van der Waals surface area contributed by atoms with E-state index in [1.165, 1.54) is 19.6 Å². The van der Waals surface area contributed by atoms with Crippen molar-refractivity contribution in [1.29, 1.82) is 0 Å². The highest BCUT2D eigenvalue weighted by Gasteiger charge is 2.22. The third kappa shape index (κ3) is 4.34. The SMILES string of the molecule is COc1cc(NCCCC2CCCCC2O)ccc1[N+](=O)[O-]. The summed E-state index contributed by atoms with van der Waals surface area (Å²) in [6, 6.07) is 4.79. The van der Waals surface area contributed by atoms with Gasteiger partial charge in [-0.25, -0.2) is 0 Å². The van der Waals surface area contributed by atoms with Crippen molar-refractivity contribution in [3.8, 4) is 5.75 Å². The average Bonchev–Trinajstić information content (AvgIpc) is 2.52. The highest BCUT2D eigenvalue weighted by Crippen LogP contribution is 2.30. The van der Waals surface area contributed by atoms with Crippen LogP contribution in [0, 0.1) is 16.0 Å². The largest absolute Gasteiger partial charge is 0.490 e. The van der Waals surface area contributed by atoms with E-state index in [0.717, 1.165) is 44.3 Å². The number of methoxy groups -OCH3 is 1. The van der Waals surface area contributed by atoms with Crippen molar-refractivity contribution >= 4 is 11.4 Å². The van der Waals surface area contributed by atoms with Crippen molar-refractivity contribution in [2.24, 2.45) is 5.92 Å². The molecule has 1 saturated carbocycles. The van der Waals surface area contributed by atoms with Crippen molar-refractivity contribution in [1.82, 2.24) is 0 Å². The van der Waals surface area contributed by atoms with E-state index in [-0.39, 0.29) is 17.5 Å². The Morgan fingerprint density at radius 1 is 1.41 bits per heavy atom. The number of nitrogens with one attached hydrogen (secondary N) is 1. The molecule has 0 radical (unpaired) electrons. The Balaban J connectivity index is 1.80. The standard InChI is InChI=1S/C16H24N2O4/c1-22-16-11-13(8-9-14(16)18(20)21)17-10-4-6-12-5-2-3-7-15(12)19/h8-9,11-12,15,17,19H,2-7,10H2,1H3. The number of nitrogens with zero attached hydrogens (tertiary/aromatic N) is 1. The summed E-state index contributed by atoms with van der Waals surface area (Å²) < 4.78 is 5.05. The Morgan fingerprint density at radius 3 is 2.86 bits per heavy atom. The number of hydrogen-bond acceptors (Lipinski definition) is 5. The lowest BCUT2D eigenvalue weighted by Crippen LogP contribution is -2.24. The van der Waals surface area contributed by atoms with E-state index in [1.807, 2.05) is 0 Å². The van der Waals surface area contributed by atoms with E-state index in [0.29, 0.717) is 5.92 Å². The summed E-state index contributed by atoms with van der Waals surface area (Å²) in [7, 11) is 1.43. The van der Waals surface area contributed by atoms with Crippen LogP contribution in [0.2, 0.25) is 0 Å². The topological polar surface area (TPSA) is 84.6 Å². The molecule has 122 valence electrons. The van der Waals surface area contributed by atoms with Gasteiger partial charge in [-0.3, -0.25) is 10.1 Å². The number of nitro groups is 1. The second-order valence-corrected chi connectivity index (χ2v) is 5.82. The molecule has 22 heavy (non-hydrogen) atoms. The molecule has 2 rings (SSSR count). The van der Waals surface area contributed by atoms with Gasteiger partial charge in [0.1, 0.15) is 0 Å². The first-order chi connectivity index (χ1) is 10.6. The first kappa shape index (κ1) is 16.5. The lowest BCUT2D eigenvalue weighted by molar-refractivity contribution is -0.385. The number of nitro benzene ring substituents is 1. The zero-order valence-electron chi connectivity index (χ0n) is 13.0. The smallest absolute Gasteiger partial charge is 0.311 e. The fraction of sp³-hybridized carbons (Fsp3) is 0.625. The van der Waals surface area contributed by atoms with Crippen LogP contribution < -0.4 is 10.1 Å². The number of benzene rings is 1. The molecule has 1 fully saturated rings. The number of aliphatic hydroxyl groups excluding tert-OH is 1. The van der Waals surface area contributed by atoms with Gasteiger partial charge >= 0.3 is 5.69 Å². The molecule has 0 spiro atoms. The summed E-state index contributed by atoms with van der Waals surface area (Å²) in [5.74, 6) is 0.680. The second kappa shape index (κ2) is 7.98. The Hall–Kier alpha value is -1.82. The molecule has 6 heteroatoms. The van der Waals surface area contributed by atoms with Crippen LogP contribution in [0.1, 0.15) is 38.5 Å². The molecule has 0 aliphatic heterocycles. The van der Waals surface area contributed by atoms with Crippen LogP contribution in [0.15, 0.2) is 18.2 Å². The van der Waals surface area contributed by atoms with Crippen molar-refractivity contribution in [3.05, 3.63) is 28.3 Å². The molecule has 0 bridgehead atoms. The lowest BCUT2D eigenvalue weighted by atomic mass is 9.83. The average molecular weight is 308 g/mol. The van der Waals surface area contributed by atoms with Crippen LogP contribution in [0.5, 0.6) is 5.75 Å². The predicted octanol–water partition coefficient (Wildman–Crippen LogP) is 3.35. The molecule has 1 aliphatic rings. The van der Waals surface area contributed by atoms with Gasteiger partial charge in [-0.1, -0.05) is 12.8 Å². The van der Waals surface area contributed by atoms with Crippen molar-refractivity contribution in [2.75, 3.05) is 19.0 Å². The Bertz CT molecular complexity index is 507. The van der Waals surface area contributed by atoms with Gasteiger partial charge in [0.05, 0.1) is 18.1 Å². The molecule has 2 atom stereocenters. The van der Waals surface area contributed by atoms with Crippen molar-refractivity contribution < 1.29 is 14.8 Å². The Morgan fingerprint density at radius 2 is 2.18 bits per heavy atom. The molecule has 0 aromatic heterocycles. The summed E-state index contributed by atoms with van der Waals surface area (Å²) >= 11 is 0. The first-order valence-corrected chi connectivity index (χ1v) is 7.86. The molecule has 0 saturated heterocycles. The molecule has 1 aromatic carbocycles. The minimum absolute atomic E-state index is 0.0293. The summed E-state index contributed by atoms with van der Waals surface area (Å²) in [5.41, 5.74) is 0.782. The van der Waals surface area contributed by atoms with Crippen LogP contribution in [0.4, 0.5) is 11.4 Å². The predicted molar refractivity (Wildman–Crippen MR) is 85.3 cm³/mol. The van der Waals surface area contributed by atoms with Crippen LogP contribution >= 0.6 is 0 Å². The second-order valence-electron chi connectivity index (χ2n) is 5.82. The van der Waals surface area contributed by atoms with Crippen LogP contribution in [-0.2, 0) is 0 Å². The zero-order valence-corrected chi connectivity index (χ0v) is 13.0. The first-order valence-electron chi connectivity index (χ1n) is 7.86. The number of aliphatic hydroxyl groups is 1. The fourth-order valence-corrected chi connectivity index (χ4v) is 3.06.